The highest BCUT2D eigenvalue weighted by Gasteiger charge is 2.27. The Kier molecular flexibility index (Phi) is 3.90. The number of fused-ring (bicyclic) bond motifs is 1. The summed E-state index contributed by atoms with van der Waals surface area (Å²) in [7, 11) is 1.84. The van der Waals surface area contributed by atoms with E-state index >= 15 is 0 Å². The van der Waals surface area contributed by atoms with Crippen molar-refractivity contribution in [2.75, 3.05) is 18.0 Å². The lowest BCUT2D eigenvalue weighted by Gasteiger charge is -2.25. The highest BCUT2D eigenvalue weighted by molar-refractivity contribution is 6.00. The second-order valence-electron chi connectivity index (χ2n) is 7.05. The summed E-state index contributed by atoms with van der Waals surface area (Å²) >= 11 is 0. The first-order valence-electron chi connectivity index (χ1n) is 8.35. The number of aryl methyl sites for hydroxylation is 3. The Labute approximate surface area is 141 Å². The lowest BCUT2D eigenvalue weighted by molar-refractivity contribution is 0.101. The molecule has 0 radical (unpaired) electrons. The third-order valence-corrected chi connectivity index (χ3v) is 5.17. The van der Waals surface area contributed by atoms with Crippen LogP contribution >= 0.6 is 0 Å². The van der Waals surface area contributed by atoms with Crippen LogP contribution in [0, 0.1) is 19.8 Å². The molecule has 2 aromatic rings. The lowest BCUT2D eigenvalue weighted by Crippen LogP contribution is -2.23. The number of carbonyl (C=O) groups excluding carboxylic acids is 1. The SMILES string of the molecule is CC(=O)c1cn(C)c2c(C)c(N3CCC(C)C3)c(O)c(C)c2c1=O. The monoisotopic (exact) mass is 328 g/mol. The summed E-state index contributed by atoms with van der Waals surface area (Å²) in [6.07, 6.45) is 2.70. The van der Waals surface area contributed by atoms with Crippen LogP contribution in [0.1, 0.15) is 41.8 Å². The molecule has 0 bridgehead atoms. The first-order chi connectivity index (χ1) is 11.2. The maximum atomic E-state index is 12.8. The van der Waals surface area contributed by atoms with E-state index in [4.69, 9.17) is 0 Å². The Morgan fingerprint density at radius 1 is 1.29 bits per heavy atom. The summed E-state index contributed by atoms with van der Waals surface area (Å²) < 4.78 is 1.83. The molecule has 1 saturated heterocycles. The van der Waals surface area contributed by atoms with Crippen LogP contribution in [-0.2, 0) is 7.05 Å². The van der Waals surface area contributed by atoms with Crippen molar-refractivity contribution in [2.45, 2.75) is 34.1 Å². The van der Waals surface area contributed by atoms with Crippen LogP contribution in [-0.4, -0.2) is 28.5 Å². The molecule has 128 valence electrons. The molecule has 24 heavy (non-hydrogen) atoms. The van der Waals surface area contributed by atoms with Gasteiger partial charge in [0.05, 0.1) is 22.2 Å². The molecule has 3 rings (SSSR count). The number of aromatic hydroxyl groups is 1. The van der Waals surface area contributed by atoms with Gasteiger partial charge in [-0.05, 0) is 33.1 Å². The van der Waals surface area contributed by atoms with Gasteiger partial charge in [0.25, 0.3) is 0 Å². The predicted octanol–water partition coefficient (Wildman–Crippen LogP) is 2.91. The Balaban J connectivity index is 2.40. The van der Waals surface area contributed by atoms with Crippen molar-refractivity contribution < 1.29 is 9.90 Å². The quantitative estimate of drug-likeness (QED) is 0.861. The largest absolute Gasteiger partial charge is 0.505 e. The van der Waals surface area contributed by atoms with E-state index in [9.17, 15) is 14.7 Å². The van der Waals surface area contributed by atoms with Crippen LogP contribution in [0.25, 0.3) is 10.9 Å². The molecule has 5 nitrogen and oxygen atoms in total. The molecule has 0 amide bonds. The number of Topliss-reactive ketones (excluding diaryl/α,β-unsaturated/α-hetero) is 1. The van der Waals surface area contributed by atoms with Gasteiger partial charge in [-0.3, -0.25) is 9.59 Å². The number of hydrogen-bond donors (Lipinski definition) is 1. The maximum absolute atomic E-state index is 12.8. The smallest absolute Gasteiger partial charge is 0.200 e. The van der Waals surface area contributed by atoms with E-state index < -0.39 is 0 Å². The van der Waals surface area contributed by atoms with E-state index in [1.807, 2.05) is 18.5 Å². The molecule has 0 aliphatic carbocycles. The molecule has 1 N–H and O–H groups in total. The standard InChI is InChI=1S/C19H24N2O3/c1-10-6-7-21(8-10)17-12(3)16-15(11(2)18(17)23)19(24)14(13(4)22)9-20(16)5/h9-10,23H,6-8H2,1-5H3. The van der Waals surface area contributed by atoms with Gasteiger partial charge in [-0.2, -0.15) is 0 Å². The maximum Gasteiger partial charge on any atom is 0.200 e. The number of carbonyl (C=O) groups is 1. The normalized spacial score (nSPS) is 17.7. The number of nitrogens with zero attached hydrogens (tertiary/aromatic N) is 2. The van der Waals surface area contributed by atoms with Gasteiger partial charge < -0.3 is 14.6 Å². The van der Waals surface area contributed by atoms with Crippen molar-refractivity contribution in [3.05, 3.63) is 33.1 Å². The molecule has 1 aromatic carbocycles. The van der Waals surface area contributed by atoms with Gasteiger partial charge >= 0.3 is 0 Å². The molecule has 1 fully saturated rings. The van der Waals surface area contributed by atoms with Gasteiger partial charge in [0.2, 0.25) is 5.43 Å². The number of benzene rings is 1. The van der Waals surface area contributed by atoms with E-state index in [-0.39, 0.29) is 22.5 Å². The summed E-state index contributed by atoms with van der Waals surface area (Å²) in [6, 6.07) is 0. The summed E-state index contributed by atoms with van der Waals surface area (Å²) in [5, 5.41) is 11.2. The molecule has 0 saturated carbocycles. The Morgan fingerprint density at radius 2 is 1.96 bits per heavy atom. The molecule has 1 aliphatic heterocycles. The average molecular weight is 328 g/mol. The minimum atomic E-state index is -0.298. The summed E-state index contributed by atoms with van der Waals surface area (Å²) in [5.74, 6) is 0.488. The van der Waals surface area contributed by atoms with Crippen LogP contribution < -0.4 is 10.3 Å². The highest BCUT2D eigenvalue weighted by atomic mass is 16.3. The van der Waals surface area contributed by atoms with Crippen LogP contribution in [0.2, 0.25) is 0 Å². The Hall–Kier alpha value is -2.30. The summed E-state index contributed by atoms with van der Waals surface area (Å²) in [6.45, 7) is 9.09. The lowest BCUT2D eigenvalue weighted by atomic mass is 9.98. The predicted molar refractivity (Wildman–Crippen MR) is 96.3 cm³/mol. The number of pyridine rings is 1. The minimum absolute atomic E-state index is 0.159. The zero-order valence-corrected chi connectivity index (χ0v) is 14.9. The van der Waals surface area contributed by atoms with E-state index in [1.54, 1.807) is 13.1 Å². The van der Waals surface area contributed by atoms with Crippen LogP contribution in [0.5, 0.6) is 5.75 Å². The average Bonchev–Trinajstić information content (AvgIpc) is 2.92. The third kappa shape index (κ3) is 2.30. The van der Waals surface area contributed by atoms with Gasteiger partial charge in [-0.15, -0.1) is 0 Å². The Morgan fingerprint density at radius 3 is 2.50 bits per heavy atom. The second kappa shape index (κ2) is 5.65. The fourth-order valence-electron chi connectivity index (χ4n) is 3.90. The molecule has 2 heterocycles. The number of hydrogen-bond acceptors (Lipinski definition) is 4. The van der Waals surface area contributed by atoms with Crippen LogP contribution in [0.3, 0.4) is 0 Å². The van der Waals surface area contributed by atoms with Crippen LogP contribution in [0.15, 0.2) is 11.0 Å². The van der Waals surface area contributed by atoms with Gasteiger partial charge in [0.1, 0.15) is 5.75 Å². The van der Waals surface area contributed by atoms with Crippen molar-refractivity contribution in [1.29, 1.82) is 0 Å². The Bertz CT molecular complexity index is 911. The highest BCUT2D eigenvalue weighted by Crippen LogP contribution is 2.41. The first kappa shape index (κ1) is 16.6. The van der Waals surface area contributed by atoms with Gasteiger partial charge in [-0.1, -0.05) is 6.92 Å². The zero-order chi connectivity index (χ0) is 17.8. The summed E-state index contributed by atoms with van der Waals surface area (Å²) in [5.41, 5.74) is 2.90. The number of anilines is 1. The molecule has 0 spiro atoms. The molecule has 5 heteroatoms. The zero-order valence-electron chi connectivity index (χ0n) is 14.9. The number of phenols is 1. The number of rotatable bonds is 2. The molecule has 1 aromatic heterocycles. The third-order valence-electron chi connectivity index (χ3n) is 5.17. The van der Waals surface area contributed by atoms with Crippen LogP contribution in [0.4, 0.5) is 5.69 Å². The van der Waals surface area contributed by atoms with Gasteiger partial charge in [0, 0.05) is 37.5 Å². The number of phenolic OH excluding ortho intramolecular Hbond substituents is 1. The van der Waals surface area contributed by atoms with Crippen molar-refractivity contribution in [3.63, 3.8) is 0 Å². The van der Waals surface area contributed by atoms with Crippen molar-refractivity contribution >= 4 is 22.4 Å². The van der Waals surface area contributed by atoms with Gasteiger partial charge in [0.15, 0.2) is 5.78 Å². The van der Waals surface area contributed by atoms with Crippen molar-refractivity contribution in [3.8, 4) is 5.75 Å². The van der Waals surface area contributed by atoms with Crippen molar-refractivity contribution in [2.24, 2.45) is 13.0 Å². The minimum Gasteiger partial charge on any atom is -0.505 e. The van der Waals surface area contributed by atoms with E-state index in [2.05, 4.69) is 11.8 Å². The van der Waals surface area contributed by atoms with Crippen molar-refractivity contribution in [1.82, 2.24) is 4.57 Å². The molecule has 1 atom stereocenters. The number of aromatic nitrogens is 1. The fraction of sp³-hybridized carbons (Fsp3) is 0.474. The fourth-order valence-corrected chi connectivity index (χ4v) is 3.90. The summed E-state index contributed by atoms with van der Waals surface area (Å²) in [4.78, 5) is 26.7. The van der Waals surface area contributed by atoms with E-state index in [1.165, 1.54) is 6.92 Å². The molecular weight excluding hydrogens is 304 g/mol. The second-order valence-corrected chi connectivity index (χ2v) is 7.05. The van der Waals surface area contributed by atoms with Gasteiger partial charge in [-0.25, -0.2) is 0 Å². The number of ketones is 1. The van der Waals surface area contributed by atoms with E-state index in [0.717, 1.165) is 36.3 Å². The molecular formula is C19H24N2O3. The molecule has 1 aliphatic rings. The topological polar surface area (TPSA) is 62.5 Å². The molecule has 1 unspecified atom stereocenters. The first-order valence-corrected chi connectivity index (χ1v) is 8.35. The van der Waals surface area contributed by atoms with E-state index in [0.29, 0.717) is 16.9 Å².